The quantitative estimate of drug-likeness (QED) is 0.765. The molecule has 136 valence electrons. The summed E-state index contributed by atoms with van der Waals surface area (Å²) >= 11 is 0. The second-order valence-electron chi connectivity index (χ2n) is 7.20. The molecular formula is C18H22N6O2. The van der Waals surface area contributed by atoms with Crippen molar-refractivity contribution in [3.8, 4) is 0 Å². The minimum absolute atomic E-state index is 0.292. The highest BCUT2D eigenvalue weighted by molar-refractivity contribution is 5.82. The number of aromatic amines is 1. The van der Waals surface area contributed by atoms with Gasteiger partial charge in [0.15, 0.2) is 11.5 Å². The summed E-state index contributed by atoms with van der Waals surface area (Å²) in [6.07, 6.45) is 3.27. The van der Waals surface area contributed by atoms with Gasteiger partial charge in [0, 0.05) is 25.6 Å². The summed E-state index contributed by atoms with van der Waals surface area (Å²) in [5, 5.41) is 0. The molecule has 2 saturated heterocycles. The molecule has 2 atom stereocenters. The first-order chi connectivity index (χ1) is 12.8. The summed E-state index contributed by atoms with van der Waals surface area (Å²) in [7, 11) is 0. The Labute approximate surface area is 151 Å². The normalized spacial score (nSPS) is 24.1. The van der Waals surface area contributed by atoms with Crippen molar-refractivity contribution in [2.75, 3.05) is 37.7 Å². The van der Waals surface area contributed by atoms with Crippen LogP contribution in [0.2, 0.25) is 0 Å². The van der Waals surface area contributed by atoms with Gasteiger partial charge in [-0.3, -0.25) is 4.90 Å². The number of nitrogens with one attached hydrogen (secondary N) is 1. The first-order valence-electron chi connectivity index (χ1n) is 9.02. The summed E-state index contributed by atoms with van der Waals surface area (Å²) in [5.74, 6) is 3.32. The third-order valence-corrected chi connectivity index (χ3v) is 5.24. The Balaban J connectivity index is 1.44. The number of anilines is 1. The molecule has 8 nitrogen and oxygen atoms in total. The molecule has 2 aliphatic heterocycles. The van der Waals surface area contributed by atoms with Gasteiger partial charge in [-0.25, -0.2) is 15.0 Å². The number of ether oxygens (including phenoxy) is 1. The Morgan fingerprint density at radius 1 is 1.15 bits per heavy atom. The summed E-state index contributed by atoms with van der Waals surface area (Å²) in [6.45, 7) is 7.08. The van der Waals surface area contributed by atoms with Crippen molar-refractivity contribution in [3.63, 3.8) is 0 Å². The molecule has 0 radical (unpaired) electrons. The van der Waals surface area contributed by atoms with Crippen molar-refractivity contribution in [3.05, 3.63) is 36.3 Å². The second-order valence-corrected chi connectivity index (χ2v) is 7.20. The van der Waals surface area contributed by atoms with Crippen molar-refractivity contribution in [1.29, 1.82) is 0 Å². The van der Waals surface area contributed by atoms with E-state index in [0.29, 0.717) is 17.6 Å². The number of fused-ring (bicyclic) bond motifs is 4. The fourth-order valence-electron chi connectivity index (χ4n) is 4.06. The van der Waals surface area contributed by atoms with Gasteiger partial charge in [-0.15, -0.1) is 0 Å². The van der Waals surface area contributed by atoms with Crippen LogP contribution >= 0.6 is 0 Å². The smallest absolute Gasteiger partial charge is 0.182 e. The van der Waals surface area contributed by atoms with Gasteiger partial charge < -0.3 is 19.0 Å². The third kappa shape index (κ3) is 2.85. The third-order valence-electron chi connectivity index (χ3n) is 5.24. The van der Waals surface area contributed by atoms with Gasteiger partial charge in [-0.05, 0) is 19.1 Å². The highest BCUT2D eigenvalue weighted by Crippen LogP contribution is 2.27. The zero-order valence-electron chi connectivity index (χ0n) is 14.8. The largest absolute Gasteiger partial charge is 0.465 e. The second kappa shape index (κ2) is 6.37. The van der Waals surface area contributed by atoms with E-state index < -0.39 is 0 Å². The standard InChI is InChI=1S/C18H22N6O2/c1-12-2-3-15(26-12)7-23-4-13-5-24(6-14(23)9-25-8-13)18-16-17(20-10-19-16)21-11-22-18/h2-3,10-11,13-14H,4-9H2,1H3,(H,19,20,21,22)/t13-,14+/m1/s1. The van der Waals surface area contributed by atoms with Crippen LogP contribution in [0.1, 0.15) is 11.5 Å². The summed E-state index contributed by atoms with van der Waals surface area (Å²) in [4.78, 5) is 21.1. The van der Waals surface area contributed by atoms with E-state index in [0.717, 1.165) is 62.2 Å². The topological polar surface area (TPSA) is 83.3 Å². The molecule has 26 heavy (non-hydrogen) atoms. The van der Waals surface area contributed by atoms with Gasteiger partial charge in [0.2, 0.25) is 0 Å². The molecule has 2 fully saturated rings. The van der Waals surface area contributed by atoms with Gasteiger partial charge in [-0.2, -0.15) is 0 Å². The number of H-pyrrole nitrogens is 1. The van der Waals surface area contributed by atoms with Crippen molar-refractivity contribution in [1.82, 2.24) is 24.8 Å². The van der Waals surface area contributed by atoms with Crippen molar-refractivity contribution in [2.45, 2.75) is 19.5 Å². The van der Waals surface area contributed by atoms with E-state index >= 15 is 0 Å². The minimum atomic E-state index is 0.292. The highest BCUT2D eigenvalue weighted by Gasteiger charge is 2.34. The van der Waals surface area contributed by atoms with Gasteiger partial charge in [-0.1, -0.05) is 0 Å². The first kappa shape index (κ1) is 15.8. The van der Waals surface area contributed by atoms with Crippen LogP contribution in [-0.2, 0) is 11.3 Å². The maximum absolute atomic E-state index is 5.94. The molecule has 0 saturated carbocycles. The number of rotatable bonds is 3. The number of imidazole rings is 1. The molecule has 1 N–H and O–H groups in total. The van der Waals surface area contributed by atoms with E-state index in [-0.39, 0.29) is 0 Å². The van der Waals surface area contributed by atoms with Crippen LogP contribution in [0.3, 0.4) is 0 Å². The summed E-state index contributed by atoms with van der Waals surface area (Å²) in [5.41, 5.74) is 1.62. The van der Waals surface area contributed by atoms with Crippen molar-refractivity contribution < 1.29 is 9.15 Å². The lowest BCUT2D eigenvalue weighted by molar-refractivity contribution is 0.0856. The van der Waals surface area contributed by atoms with Gasteiger partial charge in [0.05, 0.1) is 32.1 Å². The predicted molar refractivity (Wildman–Crippen MR) is 95.8 cm³/mol. The van der Waals surface area contributed by atoms with E-state index in [9.17, 15) is 0 Å². The zero-order valence-corrected chi connectivity index (χ0v) is 14.8. The van der Waals surface area contributed by atoms with E-state index in [4.69, 9.17) is 9.15 Å². The zero-order chi connectivity index (χ0) is 17.5. The Kier molecular flexibility index (Phi) is 3.86. The molecule has 3 aromatic rings. The number of hydrogen-bond acceptors (Lipinski definition) is 7. The monoisotopic (exact) mass is 354 g/mol. The van der Waals surface area contributed by atoms with E-state index in [2.05, 4.69) is 35.8 Å². The van der Waals surface area contributed by atoms with Crippen LogP contribution in [0.25, 0.3) is 11.2 Å². The molecule has 3 aromatic heterocycles. The lowest BCUT2D eigenvalue weighted by Gasteiger charge is -2.31. The van der Waals surface area contributed by atoms with Crippen molar-refractivity contribution >= 4 is 17.0 Å². The number of furan rings is 1. The Morgan fingerprint density at radius 2 is 2.12 bits per heavy atom. The lowest BCUT2D eigenvalue weighted by Crippen LogP contribution is -2.43. The number of aromatic nitrogens is 4. The highest BCUT2D eigenvalue weighted by atomic mass is 16.5. The Bertz CT molecular complexity index is 906. The van der Waals surface area contributed by atoms with Crippen LogP contribution in [0.4, 0.5) is 5.82 Å². The number of hydrogen-bond donors (Lipinski definition) is 1. The lowest BCUT2D eigenvalue weighted by atomic mass is 10.1. The number of nitrogens with zero attached hydrogens (tertiary/aromatic N) is 5. The summed E-state index contributed by atoms with van der Waals surface area (Å²) < 4.78 is 11.7. The molecule has 0 aliphatic carbocycles. The molecule has 8 heteroatoms. The average molecular weight is 354 g/mol. The molecule has 0 aromatic carbocycles. The maximum Gasteiger partial charge on any atom is 0.182 e. The molecule has 0 unspecified atom stereocenters. The average Bonchev–Trinajstić information content (AvgIpc) is 3.16. The SMILES string of the molecule is Cc1ccc(CN2C[C@H]3COC[C@@H]2CN(c2ncnc4nc[nH]c24)C3)o1. The molecule has 2 bridgehead atoms. The van der Waals surface area contributed by atoms with Crippen molar-refractivity contribution in [2.24, 2.45) is 5.92 Å². The Hall–Kier alpha value is -2.45. The summed E-state index contributed by atoms with van der Waals surface area (Å²) in [6, 6.07) is 4.39. The number of aryl methyl sites for hydroxylation is 1. The van der Waals surface area contributed by atoms with Gasteiger partial charge in [0.1, 0.15) is 23.4 Å². The fourth-order valence-corrected chi connectivity index (χ4v) is 4.06. The maximum atomic E-state index is 5.94. The fraction of sp³-hybridized carbons (Fsp3) is 0.500. The van der Waals surface area contributed by atoms with Crippen LogP contribution in [0.15, 0.2) is 29.2 Å². The van der Waals surface area contributed by atoms with Crippen LogP contribution in [-0.4, -0.2) is 63.7 Å². The molecule has 0 spiro atoms. The molecule has 0 amide bonds. The molecule has 5 heterocycles. The van der Waals surface area contributed by atoms with Gasteiger partial charge in [0.25, 0.3) is 0 Å². The van der Waals surface area contributed by atoms with E-state index in [1.54, 1.807) is 12.7 Å². The van der Waals surface area contributed by atoms with Crippen LogP contribution < -0.4 is 4.90 Å². The minimum Gasteiger partial charge on any atom is -0.465 e. The van der Waals surface area contributed by atoms with E-state index in [1.807, 2.05) is 13.0 Å². The first-order valence-corrected chi connectivity index (χ1v) is 9.02. The Morgan fingerprint density at radius 3 is 3.00 bits per heavy atom. The van der Waals surface area contributed by atoms with Gasteiger partial charge >= 0.3 is 0 Å². The van der Waals surface area contributed by atoms with E-state index in [1.165, 1.54) is 0 Å². The molecular weight excluding hydrogens is 332 g/mol. The van der Waals surface area contributed by atoms with Crippen LogP contribution in [0, 0.1) is 12.8 Å². The molecule has 5 rings (SSSR count). The predicted octanol–water partition coefficient (Wildman–Crippen LogP) is 1.59. The van der Waals surface area contributed by atoms with Crippen LogP contribution in [0.5, 0.6) is 0 Å². The molecule has 2 aliphatic rings.